The number of aryl methyl sites for hydroxylation is 4. The largest absolute Gasteiger partial charge is 0.411 e. The van der Waals surface area contributed by atoms with Crippen LogP contribution in [0.3, 0.4) is 0 Å². The van der Waals surface area contributed by atoms with Crippen molar-refractivity contribution in [1.29, 1.82) is 0 Å². The summed E-state index contributed by atoms with van der Waals surface area (Å²) >= 11 is 1.16. The van der Waals surface area contributed by atoms with Crippen LogP contribution in [0, 0.1) is 27.7 Å². The van der Waals surface area contributed by atoms with E-state index < -0.39 is 0 Å². The molecule has 8 heteroatoms. The van der Waals surface area contributed by atoms with Crippen LogP contribution >= 0.6 is 12.0 Å². The number of benzene rings is 1. The predicted molar refractivity (Wildman–Crippen MR) is 89.4 cm³/mol. The molecule has 1 aromatic heterocycles. The van der Waals surface area contributed by atoms with Crippen LogP contribution in [0.1, 0.15) is 22.4 Å². The van der Waals surface area contributed by atoms with Crippen molar-refractivity contribution in [3.63, 3.8) is 0 Å². The Bertz CT molecular complexity index is 609. The van der Waals surface area contributed by atoms with Gasteiger partial charge in [-0.15, -0.1) is 9.01 Å². The molecule has 0 aliphatic rings. The molecule has 0 spiro atoms. The fraction of sp³-hybridized carbons (Fsp3) is 0.333. The number of hydrogen-bond acceptors (Lipinski definition) is 7. The van der Waals surface area contributed by atoms with Crippen LogP contribution in [0.4, 0.5) is 5.95 Å². The van der Waals surface area contributed by atoms with Crippen molar-refractivity contribution in [2.45, 2.75) is 32.6 Å². The molecule has 0 fully saturated rings. The number of hydrogen-bond donors (Lipinski definition) is 2. The van der Waals surface area contributed by atoms with Gasteiger partial charge in [-0.25, -0.2) is 4.89 Å². The lowest BCUT2D eigenvalue weighted by atomic mass is 10.1. The summed E-state index contributed by atoms with van der Waals surface area (Å²) in [5.74, 6) is 5.74. The Kier molecular flexibility index (Phi) is 7.76. The van der Waals surface area contributed by atoms with Crippen molar-refractivity contribution in [3.05, 3.63) is 46.8 Å². The van der Waals surface area contributed by atoms with E-state index in [0.717, 1.165) is 22.6 Å². The van der Waals surface area contributed by atoms with Gasteiger partial charge in [-0.2, -0.15) is 0 Å². The Labute approximate surface area is 140 Å². The maximum atomic E-state index is 5.41. The number of aromatic nitrogens is 2. The monoisotopic (exact) mass is 339 g/mol. The summed E-state index contributed by atoms with van der Waals surface area (Å²) in [7, 11) is 1.40. The summed E-state index contributed by atoms with van der Waals surface area (Å²) < 4.78 is 6.10. The highest BCUT2D eigenvalue weighted by Crippen LogP contribution is 2.28. The predicted octanol–water partition coefficient (Wildman–Crippen LogP) is 2.10. The summed E-state index contributed by atoms with van der Waals surface area (Å²) in [5.41, 5.74) is 9.83. The molecule has 0 saturated heterocycles. The highest BCUT2D eigenvalue weighted by molar-refractivity contribution is 7.94. The Morgan fingerprint density at radius 1 is 1.13 bits per heavy atom. The summed E-state index contributed by atoms with van der Waals surface area (Å²) in [6.07, 6.45) is 1.62. The Morgan fingerprint density at radius 2 is 1.74 bits per heavy atom. The molecule has 23 heavy (non-hydrogen) atoms. The van der Waals surface area contributed by atoms with Crippen LogP contribution in [-0.4, -0.2) is 12.1 Å². The molecule has 0 radical (unpaired) electrons. The van der Waals surface area contributed by atoms with Crippen molar-refractivity contribution in [2.24, 2.45) is 0 Å². The number of rotatable bonds is 4. The minimum Gasteiger partial charge on any atom is -0.289 e. The maximum absolute atomic E-state index is 5.41. The highest BCUT2D eigenvalue weighted by Gasteiger charge is 2.05. The van der Waals surface area contributed by atoms with Gasteiger partial charge in [0.05, 0.1) is 19.2 Å². The second-order valence-electron chi connectivity index (χ2n) is 4.93. The highest BCUT2D eigenvalue weighted by atomic mass is 32.2. The van der Waals surface area contributed by atoms with Gasteiger partial charge in [-0.1, -0.05) is 27.7 Å². The molecule has 4 N–H and O–H groups in total. The molecule has 126 valence electrons. The van der Waals surface area contributed by atoms with Gasteiger partial charge < -0.3 is 0 Å². The van der Waals surface area contributed by atoms with Crippen molar-refractivity contribution in [2.75, 3.05) is 18.7 Å². The van der Waals surface area contributed by atoms with Crippen LogP contribution in [0.15, 0.2) is 29.3 Å². The zero-order valence-corrected chi connectivity index (χ0v) is 14.8. The third-order valence-electron chi connectivity index (χ3n) is 2.97. The van der Waals surface area contributed by atoms with Crippen molar-refractivity contribution in [1.82, 2.24) is 4.98 Å². The molecular weight excluding hydrogens is 316 g/mol. The first-order chi connectivity index (χ1) is 10.9. The van der Waals surface area contributed by atoms with E-state index in [-0.39, 0.29) is 0 Å². The van der Waals surface area contributed by atoms with Gasteiger partial charge in [0.25, 0.3) is 0 Å². The van der Waals surface area contributed by atoms with E-state index in [1.54, 1.807) is 12.3 Å². The van der Waals surface area contributed by atoms with Crippen LogP contribution in [0.25, 0.3) is 0 Å². The van der Waals surface area contributed by atoms with Gasteiger partial charge in [0.2, 0.25) is 0 Å². The van der Waals surface area contributed by atoms with Gasteiger partial charge in [0.15, 0.2) is 0 Å². The minimum atomic E-state index is 0.329. The normalized spacial score (nSPS) is 10.1. The molecule has 0 atom stereocenters. The molecule has 7 nitrogen and oxygen atoms in total. The Morgan fingerprint density at radius 3 is 2.22 bits per heavy atom. The molecule has 0 bridgehead atoms. The van der Waals surface area contributed by atoms with E-state index >= 15 is 0 Å². The summed E-state index contributed by atoms with van der Waals surface area (Å²) in [5, 5.41) is 4.34. The molecule has 1 heterocycles. The first-order valence-electron chi connectivity index (χ1n) is 6.86. The van der Waals surface area contributed by atoms with Crippen LogP contribution in [0.5, 0.6) is 0 Å². The quantitative estimate of drug-likeness (QED) is 0.220. The number of nitrogen functional groups attached to an aromatic ring is 2. The SMILES string of the molecule is COOOSc1c(C)cc(C)cc1C.Cc1ccnc(N)[n+]1N. The fourth-order valence-corrected chi connectivity index (χ4v) is 2.45. The van der Waals surface area contributed by atoms with E-state index in [1.165, 1.54) is 28.5 Å². The molecule has 0 saturated carbocycles. The molecule has 0 unspecified atom stereocenters. The van der Waals surface area contributed by atoms with Gasteiger partial charge >= 0.3 is 5.95 Å². The van der Waals surface area contributed by atoms with Gasteiger partial charge in [0.1, 0.15) is 11.9 Å². The average Bonchev–Trinajstić information content (AvgIpc) is 2.48. The lowest BCUT2D eigenvalue weighted by molar-refractivity contribution is -0.633. The fourth-order valence-electron chi connectivity index (χ4n) is 1.92. The van der Waals surface area contributed by atoms with E-state index in [2.05, 4.69) is 34.0 Å². The minimum absolute atomic E-state index is 0.329. The molecule has 2 rings (SSSR count). The van der Waals surface area contributed by atoms with Crippen LogP contribution in [-0.2, 0) is 14.3 Å². The standard InChI is InChI=1S/C10H14O3S.C5H8N4/c1-7-5-8(2)10(9(3)6-7)14-13-12-11-4;1-4-2-3-8-5(6)9(4)7/h5-6H,1-4H3;2-3,6H,7H2,1H3/p+1. The molecule has 0 aliphatic carbocycles. The lowest BCUT2D eigenvalue weighted by Crippen LogP contribution is -2.50. The Hall–Kier alpha value is -1.87. The molecular formula is C15H23N4O3S+. The average molecular weight is 339 g/mol. The Balaban J connectivity index is 0.000000253. The summed E-state index contributed by atoms with van der Waals surface area (Å²) in [6, 6.07) is 5.99. The third kappa shape index (κ3) is 6.03. The smallest absolute Gasteiger partial charge is 0.289 e. The zero-order valence-electron chi connectivity index (χ0n) is 14.0. The maximum Gasteiger partial charge on any atom is 0.411 e. The number of anilines is 1. The van der Waals surface area contributed by atoms with Gasteiger partial charge in [-0.3, -0.25) is 11.6 Å². The molecule has 1 aromatic carbocycles. The van der Waals surface area contributed by atoms with Gasteiger partial charge in [0, 0.05) is 11.0 Å². The second-order valence-corrected chi connectivity index (χ2v) is 5.64. The van der Waals surface area contributed by atoms with E-state index in [4.69, 9.17) is 15.9 Å². The third-order valence-corrected chi connectivity index (χ3v) is 3.90. The molecule has 0 aliphatic heterocycles. The van der Waals surface area contributed by atoms with E-state index in [9.17, 15) is 0 Å². The molecule has 2 aromatic rings. The summed E-state index contributed by atoms with van der Waals surface area (Å²) in [4.78, 5) is 9.14. The number of nitrogens with two attached hydrogens (primary N) is 2. The first-order valence-corrected chi connectivity index (χ1v) is 7.61. The van der Waals surface area contributed by atoms with Crippen LogP contribution in [0.2, 0.25) is 0 Å². The first kappa shape index (κ1) is 19.2. The van der Waals surface area contributed by atoms with E-state index in [0.29, 0.717) is 5.95 Å². The van der Waals surface area contributed by atoms with E-state index in [1.807, 2.05) is 20.8 Å². The summed E-state index contributed by atoms with van der Waals surface area (Å²) in [6.45, 7) is 8.01. The van der Waals surface area contributed by atoms with Crippen molar-refractivity contribution >= 4 is 18.0 Å². The van der Waals surface area contributed by atoms with Gasteiger partial charge in [-0.05, 0) is 38.8 Å². The topological polar surface area (TPSA) is 96.5 Å². The molecule has 0 amide bonds. The zero-order chi connectivity index (χ0) is 17.4. The number of nitrogens with zero attached hydrogens (tertiary/aromatic N) is 2. The van der Waals surface area contributed by atoms with Crippen LogP contribution < -0.4 is 16.3 Å². The lowest BCUT2D eigenvalue weighted by Gasteiger charge is -2.08. The second kappa shape index (κ2) is 9.31. The van der Waals surface area contributed by atoms with Crippen molar-refractivity contribution < 1.29 is 18.9 Å². The van der Waals surface area contributed by atoms with Crippen molar-refractivity contribution in [3.8, 4) is 0 Å².